The van der Waals surface area contributed by atoms with E-state index in [1.54, 1.807) is 13.2 Å². The lowest BCUT2D eigenvalue weighted by molar-refractivity contribution is -0.117. The fourth-order valence-electron chi connectivity index (χ4n) is 2.98. The van der Waals surface area contributed by atoms with E-state index in [9.17, 15) is 4.79 Å². The number of benzene rings is 1. The van der Waals surface area contributed by atoms with Gasteiger partial charge in [-0.1, -0.05) is 37.7 Å². The van der Waals surface area contributed by atoms with Gasteiger partial charge in [-0.3, -0.25) is 9.89 Å². The van der Waals surface area contributed by atoms with Gasteiger partial charge in [-0.25, -0.2) is 0 Å². The van der Waals surface area contributed by atoms with Gasteiger partial charge in [0.1, 0.15) is 6.10 Å². The van der Waals surface area contributed by atoms with Crippen molar-refractivity contribution in [3.63, 3.8) is 0 Å². The molecule has 8 heteroatoms. The Bertz CT molecular complexity index is 847. The Hall–Kier alpha value is -2.12. The molecule has 2 aromatic rings. The Balaban J connectivity index is 0.00000117. The summed E-state index contributed by atoms with van der Waals surface area (Å²) in [7, 11) is 1.72. The summed E-state index contributed by atoms with van der Waals surface area (Å²) in [5.74, 6) is 0.186. The van der Waals surface area contributed by atoms with E-state index in [0.29, 0.717) is 29.3 Å². The van der Waals surface area contributed by atoms with Gasteiger partial charge in [0, 0.05) is 18.0 Å². The number of H-pyrrole nitrogens is 1. The molecule has 26 heavy (non-hydrogen) atoms. The fourth-order valence-corrected chi connectivity index (χ4v) is 3.36. The molecule has 1 atom stereocenters. The van der Waals surface area contributed by atoms with Crippen LogP contribution >= 0.6 is 23.8 Å². The molecule has 1 aromatic carbocycles. The lowest BCUT2D eigenvalue weighted by Crippen LogP contribution is -2.30. The number of halogens is 1. The van der Waals surface area contributed by atoms with Gasteiger partial charge >= 0.3 is 0 Å². The van der Waals surface area contributed by atoms with Crippen LogP contribution in [0.1, 0.15) is 43.9 Å². The van der Waals surface area contributed by atoms with E-state index in [-0.39, 0.29) is 12.0 Å². The first kappa shape index (κ1) is 20.2. The van der Waals surface area contributed by atoms with E-state index in [2.05, 4.69) is 33.0 Å². The highest BCUT2D eigenvalue weighted by Gasteiger charge is 2.30. The maximum Gasteiger partial charge on any atom is 0.257 e. The second kappa shape index (κ2) is 9.00. The van der Waals surface area contributed by atoms with E-state index < -0.39 is 0 Å². The van der Waals surface area contributed by atoms with Crippen molar-refractivity contribution in [1.29, 1.82) is 0 Å². The van der Waals surface area contributed by atoms with Crippen LogP contribution in [0.3, 0.4) is 0 Å². The molecule has 0 aliphatic carbocycles. The van der Waals surface area contributed by atoms with Gasteiger partial charge in [0.2, 0.25) is 0 Å². The number of ether oxygens (including phenoxy) is 1. The van der Waals surface area contributed by atoms with Gasteiger partial charge < -0.3 is 15.4 Å². The first-order chi connectivity index (χ1) is 12.6. The first-order valence-electron chi connectivity index (χ1n) is 8.51. The third-order valence-electron chi connectivity index (χ3n) is 4.11. The van der Waals surface area contributed by atoms with E-state index >= 15 is 0 Å². The third-order valence-corrected chi connectivity index (χ3v) is 4.73. The standard InChI is InChI=1S/C16H17ClN4O2S.C2H6/c1-8-5-11-10(6-20-21-11)13(14(8)17)12-4-3-9(15(22)19-7-24)16(18-2)23-12;1-2/h5-7,12,18H,3-4H2,1-2H3,(H,20,21)(H,19,22,24);1-2H3. The molecule has 0 radical (unpaired) electrons. The molecule has 6 nitrogen and oxygen atoms in total. The number of aromatic amines is 1. The molecule has 0 bridgehead atoms. The molecular weight excluding hydrogens is 372 g/mol. The normalized spacial score (nSPS) is 16.4. The maximum atomic E-state index is 12.1. The highest BCUT2D eigenvalue weighted by Crippen LogP contribution is 2.40. The number of carbonyl (C=O) groups excluding carboxylic acids is 1. The Kier molecular flexibility index (Phi) is 6.99. The van der Waals surface area contributed by atoms with E-state index in [1.807, 2.05) is 26.8 Å². The van der Waals surface area contributed by atoms with Gasteiger partial charge in [0.15, 0.2) is 5.88 Å². The molecule has 140 valence electrons. The molecule has 0 fully saturated rings. The molecule has 3 rings (SSSR count). The van der Waals surface area contributed by atoms with Crippen molar-refractivity contribution in [3.8, 4) is 0 Å². The fraction of sp³-hybridized carbons (Fsp3) is 0.389. The Morgan fingerprint density at radius 2 is 2.23 bits per heavy atom. The molecule has 1 aliphatic heterocycles. The van der Waals surface area contributed by atoms with Crippen LogP contribution in [0.25, 0.3) is 10.9 Å². The van der Waals surface area contributed by atoms with E-state index in [0.717, 1.165) is 22.0 Å². The molecule has 0 saturated heterocycles. The summed E-state index contributed by atoms with van der Waals surface area (Å²) in [5.41, 5.74) is 4.49. The first-order valence-corrected chi connectivity index (χ1v) is 9.35. The number of aromatic nitrogens is 2. The average Bonchev–Trinajstić information content (AvgIpc) is 3.11. The van der Waals surface area contributed by atoms with Crippen molar-refractivity contribution in [3.05, 3.63) is 39.9 Å². The van der Waals surface area contributed by atoms with Crippen molar-refractivity contribution in [2.24, 2.45) is 0 Å². The third kappa shape index (κ3) is 3.83. The lowest BCUT2D eigenvalue weighted by atomic mass is 9.94. The zero-order valence-electron chi connectivity index (χ0n) is 15.3. The van der Waals surface area contributed by atoms with Gasteiger partial charge in [-0.2, -0.15) is 5.10 Å². The minimum absolute atomic E-state index is 0.253. The summed E-state index contributed by atoms with van der Waals surface area (Å²) in [5, 5.41) is 14.1. The molecule has 0 saturated carbocycles. The Morgan fingerprint density at radius 3 is 2.88 bits per heavy atom. The number of hydrogen-bond acceptors (Lipinski definition) is 5. The molecule has 2 heterocycles. The molecule has 3 N–H and O–H groups in total. The maximum absolute atomic E-state index is 12.1. The lowest BCUT2D eigenvalue weighted by Gasteiger charge is -2.29. The van der Waals surface area contributed by atoms with Crippen LogP contribution in [0, 0.1) is 6.92 Å². The highest BCUT2D eigenvalue weighted by atomic mass is 35.5. The van der Waals surface area contributed by atoms with Crippen molar-refractivity contribution in [2.45, 2.75) is 39.7 Å². The molecule has 1 amide bonds. The van der Waals surface area contributed by atoms with Crippen LogP contribution < -0.4 is 10.6 Å². The predicted octanol–water partition coefficient (Wildman–Crippen LogP) is 3.91. The summed E-state index contributed by atoms with van der Waals surface area (Å²) in [6.07, 6.45) is 2.68. The van der Waals surface area contributed by atoms with Crippen molar-refractivity contribution in [2.75, 3.05) is 7.05 Å². The molecular formula is C18H23ClN4O2S. The largest absolute Gasteiger partial charge is 0.471 e. The number of nitrogens with zero attached hydrogens (tertiary/aromatic N) is 1. The van der Waals surface area contributed by atoms with E-state index in [1.165, 1.54) is 5.49 Å². The average molecular weight is 395 g/mol. The summed E-state index contributed by atoms with van der Waals surface area (Å²) in [4.78, 5) is 12.1. The number of thiocarbonyl (C=S) groups is 1. The minimum Gasteiger partial charge on any atom is -0.471 e. The topological polar surface area (TPSA) is 79.0 Å². The molecule has 1 unspecified atom stereocenters. The second-order valence-electron chi connectivity index (χ2n) is 5.55. The quantitative estimate of drug-likeness (QED) is 0.685. The minimum atomic E-state index is -0.260. The Morgan fingerprint density at radius 1 is 1.50 bits per heavy atom. The summed E-state index contributed by atoms with van der Waals surface area (Å²) >= 11 is 11.2. The number of nitrogens with one attached hydrogen (secondary N) is 3. The summed E-state index contributed by atoms with van der Waals surface area (Å²) < 4.78 is 6.05. The summed E-state index contributed by atoms with van der Waals surface area (Å²) in [6.45, 7) is 5.95. The zero-order valence-corrected chi connectivity index (χ0v) is 16.8. The van der Waals surface area contributed by atoms with Crippen LogP contribution in [0.4, 0.5) is 0 Å². The molecule has 1 aliphatic rings. The number of carbonyl (C=O) groups is 1. The number of rotatable bonds is 4. The number of hydrogen-bond donors (Lipinski definition) is 3. The van der Waals surface area contributed by atoms with Gasteiger partial charge in [-0.05, 0) is 31.4 Å². The van der Waals surface area contributed by atoms with Crippen LogP contribution in [0.5, 0.6) is 0 Å². The van der Waals surface area contributed by atoms with Gasteiger partial charge in [-0.15, -0.1) is 0 Å². The van der Waals surface area contributed by atoms with E-state index in [4.69, 9.17) is 16.3 Å². The van der Waals surface area contributed by atoms with Crippen molar-refractivity contribution in [1.82, 2.24) is 20.8 Å². The van der Waals surface area contributed by atoms with Gasteiger partial charge in [0.25, 0.3) is 5.91 Å². The molecule has 1 aromatic heterocycles. The number of aryl methyl sites for hydroxylation is 1. The van der Waals surface area contributed by atoms with Crippen LogP contribution in [-0.4, -0.2) is 28.6 Å². The van der Waals surface area contributed by atoms with Crippen LogP contribution in [0.2, 0.25) is 5.02 Å². The van der Waals surface area contributed by atoms with Gasteiger partial charge in [0.05, 0.1) is 27.8 Å². The summed E-state index contributed by atoms with van der Waals surface area (Å²) in [6, 6.07) is 1.96. The molecule has 0 spiro atoms. The SMILES string of the molecule is CC.CNC1=C(C(=O)NC=S)CCC(c2c(Cl)c(C)cc3[nH]ncc23)O1. The van der Waals surface area contributed by atoms with Crippen molar-refractivity contribution >= 4 is 46.1 Å². The second-order valence-corrected chi connectivity index (χ2v) is 6.16. The smallest absolute Gasteiger partial charge is 0.257 e. The predicted molar refractivity (Wildman–Crippen MR) is 108 cm³/mol. The monoisotopic (exact) mass is 394 g/mol. The van der Waals surface area contributed by atoms with Crippen LogP contribution in [0.15, 0.2) is 23.7 Å². The number of fused-ring (bicyclic) bond motifs is 1. The Labute approximate surface area is 163 Å². The zero-order chi connectivity index (χ0) is 19.3. The van der Waals surface area contributed by atoms with Crippen molar-refractivity contribution < 1.29 is 9.53 Å². The number of amides is 1. The highest BCUT2D eigenvalue weighted by molar-refractivity contribution is 7.78. The van der Waals surface area contributed by atoms with Crippen LogP contribution in [-0.2, 0) is 9.53 Å².